The molecule has 0 aliphatic heterocycles. The molecule has 0 aromatic rings. The molecule has 0 aliphatic rings. The third-order valence-electron chi connectivity index (χ3n) is 1.94. The SMILES string of the molecule is C=C(C)CC(CCC)N(C)C. The zero-order valence-corrected chi connectivity index (χ0v) is 8.35. The van der Waals surface area contributed by atoms with Gasteiger partial charge in [-0.1, -0.05) is 18.9 Å². The van der Waals surface area contributed by atoms with Gasteiger partial charge in [-0.05, 0) is 33.9 Å². The second-order valence-corrected chi connectivity index (χ2v) is 3.57. The minimum absolute atomic E-state index is 0.692. The van der Waals surface area contributed by atoms with Gasteiger partial charge in [0.05, 0.1) is 0 Å². The van der Waals surface area contributed by atoms with Crippen LogP contribution in [0.15, 0.2) is 12.2 Å². The van der Waals surface area contributed by atoms with Gasteiger partial charge in [-0.25, -0.2) is 0 Å². The monoisotopic (exact) mass is 155 g/mol. The highest BCUT2D eigenvalue weighted by Crippen LogP contribution is 2.11. The van der Waals surface area contributed by atoms with E-state index >= 15 is 0 Å². The maximum absolute atomic E-state index is 3.93. The molecule has 0 heterocycles. The van der Waals surface area contributed by atoms with Crippen molar-refractivity contribution in [3.05, 3.63) is 12.2 Å². The number of hydrogen-bond donors (Lipinski definition) is 0. The van der Waals surface area contributed by atoms with Crippen LogP contribution in [0.4, 0.5) is 0 Å². The van der Waals surface area contributed by atoms with Crippen LogP contribution in [0, 0.1) is 0 Å². The Morgan fingerprint density at radius 3 is 2.27 bits per heavy atom. The smallest absolute Gasteiger partial charge is 0.0126 e. The Balaban J connectivity index is 3.79. The van der Waals surface area contributed by atoms with E-state index in [1.807, 2.05) is 0 Å². The van der Waals surface area contributed by atoms with Crippen molar-refractivity contribution in [2.45, 2.75) is 39.2 Å². The summed E-state index contributed by atoms with van der Waals surface area (Å²) in [6.45, 7) is 8.27. The van der Waals surface area contributed by atoms with Crippen LogP contribution < -0.4 is 0 Å². The highest BCUT2D eigenvalue weighted by atomic mass is 15.1. The van der Waals surface area contributed by atoms with Crippen molar-refractivity contribution in [3.8, 4) is 0 Å². The van der Waals surface area contributed by atoms with Crippen LogP contribution in [-0.2, 0) is 0 Å². The van der Waals surface area contributed by atoms with Gasteiger partial charge in [0.25, 0.3) is 0 Å². The highest BCUT2D eigenvalue weighted by Gasteiger charge is 2.08. The first-order chi connectivity index (χ1) is 5.07. The molecule has 66 valence electrons. The molecule has 0 aromatic heterocycles. The average molecular weight is 155 g/mol. The van der Waals surface area contributed by atoms with Crippen molar-refractivity contribution >= 4 is 0 Å². The largest absolute Gasteiger partial charge is 0.306 e. The number of hydrogen-bond acceptors (Lipinski definition) is 1. The molecule has 11 heavy (non-hydrogen) atoms. The van der Waals surface area contributed by atoms with Gasteiger partial charge in [0.2, 0.25) is 0 Å². The van der Waals surface area contributed by atoms with Crippen molar-refractivity contribution < 1.29 is 0 Å². The Bertz CT molecular complexity index is 116. The molecule has 0 aliphatic carbocycles. The molecular weight excluding hydrogens is 134 g/mol. The lowest BCUT2D eigenvalue weighted by Gasteiger charge is -2.23. The second kappa shape index (κ2) is 5.36. The number of rotatable bonds is 5. The molecule has 0 N–H and O–H groups in total. The molecule has 0 radical (unpaired) electrons. The third kappa shape index (κ3) is 5.02. The first-order valence-electron chi connectivity index (χ1n) is 4.38. The fourth-order valence-electron chi connectivity index (χ4n) is 1.28. The van der Waals surface area contributed by atoms with Gasteiger partial charge >= 0.3 is 0 Å². The predicted octanol–water partition coefficient (Wildman–Crippen LogP) is 2.68. The first-order valence-corrected chi connectivity index (χ1v) is 4.38. The van der Waals surface area contributed by atoms with E-state index in [2.05, 4.69) is 39.4 Å². The van der Waals surface area contributed by atoms with Gasteiger partial charge < -0.3 is 4.90 Å². The molecular formula is C10H21N. The fraction of sp³-hybridized carbons (Fsp3) is 0.800. The lowest BCUT2D eigenvalue weighted by Crippen LogP contribution is -2.27. The minimum Gasteiger partial charge on any atom is -0.306 e. The molecule has 1 atom stereocenters. The summed E-state index contributed by atoms with van der Waals surface area (Å²) in [4.78, 5) is 2.29. The van der Waals surface area contributed by atoms with E-state index in [0.717, 1.165) is 6.42 Å². The molecule has 0 bridgehead atoms. The normalized spacial score (nSPS) is 13.5. The summed E-state index contributed by atoms with van der Waals surface area (Å²) in [5.41, 5.74) is 1.29. The van der Waals surface area contributed by atoms with Gasteiger partial charge in [0, 0.05) is 6.04 Å². The van der Waals surface area contributed by atoms with E-state index in [1.54, 1.807) is 0 Å². The van der Waals surface area contributed by atoms with Crippen LogP contribution in [0.25, 0.3) is 0 Å². The van der Waals surface area contributed by atoms with Crippen LogP contribution in [0.2, 0.25) is 0 Å². The van der Waals surface area contributed by atoms with Crippen molar-refractivity contribution in [2.24, 2.45) is 0 Å². The van der Waals surface area contributed by atoms with Crippen molar-refractivity contribution in [3.63, 3.8) is 0 Å². The van der Waals surface area contributed by atoms with Crippen LogP contribution in [0.5, 0.6) is 0 Å². The lowest BCUT2D eigenvalue weighted by atomic mass is 10.0. The maximum atomic E-state index is 3.93. The van der Waals surface area contributed by atoms with Crippen LogP contribution >= 0.6 is 0 Å². The molecule has 1 nitrogen and oxygen atoms in total. The van der Waals surface area contributed by atoms with E-state index in [1.165, 1.54) is 18.4 Å². The summed E-state index contributed by atoms with van der Waals surface area (Å²) < 4.78 is 0. The van der Waals surface area contributed by atoms with Gasteiger partial charge in [-0.2, -0.15) is 0 Å². The Morgan fingerprint density at radius 2 is 2.00 bits per heavy atom. The quantitative estimate of drug-likeness (QED) is 0.552. The molecule has 0 spiro atoms. The van der Waals surface area contributed by atoms with Crippen LogP contribution in [0.3, 0.4) is 0 Å². The van der Waals surface area contributed by atoms with Crippen molar-refractivity contribution in [1.29, 1.82) is 0 Å². The Kier molecular flexibility index (Phi) is 5.22. The number of nitrogens with zero attached hydrogens (tertiary/aromatic N) is 1. The van der Waals surface area contributed by atoms with E-state index in [0.29, 0.717) is 6.04 Å². The van der Waals surface area contributed by atoms with Crippen molar-refractivity contribution in [1.82, 2.24) is 4.90 Å². The average Bonchev–Trinajstić information content (AvgIpc) is 1.86. The molecule has 1 heteroatoms. The van der Waals surface area contributed by atoms with E-state index in [9.17, 15) is 0 Å². The Morgan fingerprint density at radius 1 is 1.45 bits per heavy atom. The summed E-state index contributed by atoms with van der Waals surface area (Å²) in [5.74, 6) is 0. The second-order valence-electron chi connectivity index (χ2n) is 3.57. The highest BCUT2D eigenvalue weighted by molar-refractivity contribution is 4.92. The van der Waals surface area contributed by atoms with Gasteiger partial charge in [-0.3, -0.25) is 0 Å². The Hall–Kier alpha value is -0.300. The molecule has 0 aromatic carbocycles. The lowest BCUT2D eigenvalue weighted by molar-refractivity contribution is 0.275. The van der Waals surface area contributed by atoms with Crippen LogP contribution in [0.1, 0.15) is 33.1 Å². The fourth-order valence-corrected chi connectivity index (χ4v) is 1.28. The standard InChI is InChI=1S/C10H21N/c1-6-7-10(11(4)5)8-9(2)3/h10H,2,6-8H2,1,3-5H3. The van der Waals surface area contributed by atoms with E-state index in [-0.39, 0.29) is 0 Å². The van der Waals surface area contributed by atoms with Gasteiger partial charge in [-0.15, -0.1) is 6.58 Å². The minimum atomic E-state index is 0.692. The zero-order chi connectivity index (χ0) is 8.85. The summed E-state index contributed by atoms with van der Waals surface area (Å²) >= 11 is 0. The topological polar surface area (TPSA) is 3.24 Å². The summed E-state index contributed by atoms with van der Waals surface area (Å²) in [6, 6.07) is 0.692. The first kappa shape index (κ1) is 10.7. The Labute approximate surface area is 71.1 Å². The predicted molar refractivity (Wildman–Crippen MR) is 51.8 cm³/mol. The van der Waals surface area contributed by atoms with Gasteiger partial charge in [0.15, 0.2) is 0 Å². The molecule has 0 amide bonds. The molecule has 0 fully saturated rings. The summed E-state index contributed by atoms with van der Waals surface area (Å²) in [7, 11) is 4.28. The summed E-state index contributed by atoms with van der Waals surface area (Å²) in [5, 5.41) is 0. The molecule has 0 saturated carbocycles. The van der Waals surface area contributed by atoms with Crippen LogP contribution in [-0.4, -0.2) is 25.0 Å². The van der Waals surface area contributed by atoms with Crippen molar-refractivity contribution in [2.75, 3.05) is 14.1 Å². The van der Waals surface area contributed by atoms with Gasteiger partial charge in [0.1, 0.15) is 0 Å². The zero-order valence-electron chi connectivity index (χ0n) is 8.35. The summed E-state index contributed by atoms with van der Waals surface area (Å²) in [6.07, 6.45) is 3.68. The molecule has 1 unspecified atom stereocenters. The molecule has 0 saturated heterocycles. The van der Waals surface area contributed by atoms with E-state index < -0.39 is 0 Å². The maximum Gasteiger partial charge on any atom is 0.0126 e. The molecule has 0 rings (SSSR count). The third-order valence-corrected chi connectivity index (χ3v) is 1.94. The van der Waals surface area contributed by atoms with E-state index in [4.69, 9.17) is 0 Å².